The summed E-state index contributed by atoms with van der Waals surface area (Å²) in [4.78, 5) is 29.3. The van der Waals surface area contributed by atoms with Gasteiger partial charge in [-0.25, -0.2) is 24.3 Å². The zero-order valence-electron chi connectivity index (χ0n) is 11.2. The molecular weight excluding hydrogens is 275 g/mol. The molecule has 108 valence electrons. The Morgan fingerprint density at radius 1 is 1.24 bits per heavy atom. The molecule has 1 saturated heterocycles. The largest absolute Gasteiger partial charge is 0.361 e. The monoisotopic (exact) mass is 288 g/mol. The van der Waals surface area contributed by atoms with Crippen LogP contribution >= 0.6 is 0 Å². The van der Waals surface area contributed by atoms with Crippen LogP contribution in [0.5, 0.6) is 0 Å². The summed E-state index contributed by atoms with van der Waals surface area (Å²) in [5.74, 6) is 0.337. The Morgan fingerprint density at radius 3 is 2.67 bits per heavy atom. The molecule has 1 N–H and O–H groups in total. The molecule has 2 aromatic rings. The van der Waals surface area contributed by atoms with Crippen molar-refractivity contribution in [2.75, 3.05) is 25.0 Å². The first kappa shape index (κ1) is 13.3. The van der Waals surface area contributed by atoms with Crippen molar-refractivity contribution in [2.24, 2.45) is 0 Å². The molecule has 0 aliphatic carbocycles. The number of likely N-dealkylation sites (tertiary alicyclic amines) is 1. The van der Waals surface area contributed by atoms with Crippen LogP contribution in [0.3, 0.4) is 0 Å². The first-order valence-electron chi connectivity index (χ1n) is 6.54. The highest BCUT2D eigenvalue weighted by Crippen LogP contribution is 2.14. The molecule has 0 radical (unpaired) electrons. The van der Waals surface area contributed by atoms with Crippen molar-refractivity contribution in [1.29, 1.82) is 0 Å². The van der Waals surface area contributed by atoms with Gasteiger partial charge in [0.15, 0.2) is 11.6 Å². The van der Waals surface area contributed by atoms with Gasteiger partial charge in [-0.1, -0.05) is 0 Å². The average molecular weight is 288 g/mol. The van der Waals surface area contributed by atoms with E-state index in [0.29, 0.717) is 17.3 Å². The van der Waals surface area contributed by atoms with Gasteiger partial charge in [0.05, 0.1) is 18.9 Å². The number of rotatable bonds is 4. The number of amides is 1. The predicted molar refractivity (Wildman–Crippen MR) is 72.7 cm³/mol. The Hall–Kier alpha value is -2.64. The molecule has 8 heteroatoms. The highest BCUT2D eigenvalue weighted by Gasteiger charge is 2.19. The lowest BCUT2D eigenvalue weighted by atomic mass is 10.2. The van der Waals surface area contributed by atoms with E-state index in [-0.39, 0.29) is 12.5 Å². The molecule has 0 saturated carbocycles. The molecule has 1 amide bonds. The van der Waals surface area contributed by atoms with E-state index < -0.39 is 5.82 Å². The van der Waals surface area contributed by atoms with Crippen molar-refractivity contribution in [3.8, 4) is 11.5 Å². The second-order valence-corrected chi connectivity index (χ2v) is 4.60. The molecule has 0 aromatic carbocycles. The van der Waals surface area contributed by atoms with Gasteiger partial charge in [-0.15, -0.1) is 0 Å². The summed E-state index contributed by atoms with van der Waals surface area (Å²) in [5.41, 5.74) is 0.462. The third-order valence-corrected chi connectivity index (χ3v) is 3.15. The van der Waals surface area contributed by atoms with E-state index in [2.05, 4.69) is 25.3 Å². The van der Waals surface area contributed by atoms with E-state index in [4.69, 9.17) is 0 Å². The summed E-state index contributed by atoms with van der Waals surface area (Å²) in [6.07, 6.45) is 4.56. The number of nitrogens with zero attached hydrogens (tertiary/aromatic N) is 5. The molecule has 7 nitrogen and oxygen atoms in total. The van der Waals surface area contributed by atoms with E-state index in [1.54, 1.807) is 11.0 Å². The standard InChI is InChI=1S/C13H13FN6O/c14-9-5-16-13(17-6-9)10-4-11(19-8-18-10)15-7-12(21)20-2-1-3-20/h4-6,8H,1-3,7H2,(H,15,18,19). The number of aromatic nitrogens is 4. The van der Waals surface area contributed by atoms with Crippen molar-refractivity contribution in [3.05, 3.63) is 30.6 Å². The maximum Gasteiger partial charge on any atom is 0.241 e. The summed E-state index contributed by atoms with van der Waals surface area (Å²) in [7, 11) is 0. The zero-order valence-corrected chi connectivity index (χ0v) is 11.2. The van der Waals surface area contributed by atoms with Crippen molar-refractivity contribution >= 4 is 11.7 Å². The van der Waals surface area contributed by atoms with E-state index in [9.17, 15) is 9.18 Å². The normalized spacial score (nSPS) is 13.7. The average Bonchev–Trinajstić information content (AvgIpc) is 2.44. The fraction of sp³-hybridized carbons (Fsp3) is 0.308. The SMILES string of the molecule is O=C(CNc1cc(-c2ncc(F)cn2)ncn1)N1CCC1. The van der Waals surface area contributed by atoms with Crippen LogP contribution in [0.25, 0.3) is 11.5 Å². The minimum atomic E-state index is -0.508. The molecule has 1 fully saturated rings. The Labute approximate surface area is 120 Å². The van der Waals surface area contributed by atoms with Gasteiger partial charge < -0.3 is 10.2 Å². The molecule has 0 bridgehead atoms. The third kappa shape index (κ3) is 3.10. The Kier molecular flexibility index (Phi) is 3.67. The summed E-state index contributed by atoms with van der Waals surface area (Å²) < 4.78 is 12.8. The van der Waals surface area contributed by atoms with Crippen molar-refractivity contribution in [3.63, 3.8) is 0 Å². The minimum Gasteiger partial charge on any atom is -0.361 e. The molecular formula is C13H13FN6O. The molecule has 3 heterocycles. The van der Waals surface area contributed by atoms with Crippen LogP contribution in [-0.2, 0) is 4.79 Å². The number of anilines is 1. The van der Waals surface area contributed by atoms with Gasteiger partial charge in [0.2, 0.25) is 5.91 Å². The first-order chi connectivity index (χ1) is 10.2. The Balaban J connectivity index is 1.68. The van der Waals surface area contributed by atoms with Crippen LogP contribution in [0.4, 0.5) is 10.2 Å². The van der Waals surface area contributed by atoms with Crippen LogP contribution in [0, 0.1) is 5.82 Å². The first-order valence-corrected chi connectivity index (χ1v) is 6.54. The molecule has 0 unspecified atom stereocenters. The lowest BCUT2D eigenvalue weighted by Gasteiger charge is -2.30. The summed E-state index contributed by atoms with van der Waals surface area (Å²) in [5, 5.41) is 2.94. The minimum absolute atomic E-state index is 0.0412. The zero-order chi connectivity index (χ0) is 14.7. The van der Waals surface area contributed by atoms with Gasteiger partial charge >= 0.3 is 0 Å². The number of carbonyl (C=O) groups excluding carboxylic acids is 1. The number of carbonyl (C=O) groups is 1. The van der Waals surface area contributed by atoms with Crippen molar-refractivity contribution < 1.29 is 9.18 Å². The van der Waals surface area contributed by atoms with Gasteiger partial charge in [-0.2, -0.15) is 0 Å². The van der Waals surface area contributed by atoms with E-state index in [1.807, 2.05) is 0 Å². The molecule has 0 atom stereocenters. The fourth-order valence-electron chi connectivity index (χ4n) is 1.86. The van der Waals surface area contributed by atoms with Gasteiger partial charge in [0, 0.05) is 19.2 Å². The summed E-state index contributed by atoms with van der Waals surface area (Å²) in [6, 6.07) is 1.62. The third-order valence-electron chi connectivity index (χ3n) is 3.15. The quantitative estimate of drug-likeness (QED) is 0.892. The number of hydrogen-bond donors (Lipinski definition) is 1. The Bertz CT molecular complexity index is 643. The van der Waals surface area contributed by atoms with Crippen LogP contribution in [0.2, 0.25) is 0 Å². The lowest BCUT2D eigenvalue weighted by Crippen LogP contribution is -2.44. The van der Waals surface area contributed by atoms with Gasteiger partial charge in [-0.3, -0.25) is 4.79 Å². The van der Waals surface area contributed by atoms with Crippen molar-refractivity contribution in [1.82, 2.24) is 24.8 Å². The summed E-state index contributed by atoms with van der Waals surface area (Å²) in [6.45, 7) is 1.82. The van der Waals surface area contributed by atoms with Crippen molar-refractivity contribution in [2.45, 2.75) is 6.42 Å². The molecule has 21 heavy (non-hydrogen) atoms. The van der Waals surface area contributed by atoms with Gasteiger partial charge in [0.25, 0.3) is 0 Å². The second kappa shape index (κ2) is 5.78. The Morgan fingerprint density at radius 2 is 2.00 bits per heavy atom. The smallest absolute Gasteiger partial charge is 0.241 e. The number of hydrogen-bond acceptors (Lipinski definition) is 6. The van der Waals surface area contributed by atoms with Crippen LogP contribution in [-0.4, -0.2) is 50.4 Å². The molecule has 1 aliphatic rings. The number of nitrogens with one attached hydrogen (secondary N) is 1. The van der Waals surface area contributed by atoms with E-state index >= 15 is 0 Å². The van der Waals surface area contributed by atoms with Gasteiger partial charge in [0.1, 0.15) is 17.8 Å². The topological polar surface area (TPSA) is 83.9 Å². The maximum atomic E-state index is 12.8. The fourth-order valence-corrected chi connectivity index (χ4v) is 1.86. The van der Waals surface area contributed by atoms with Gasteiger partial charge in [-0.05, 0) is 6.42 Å². The predicted octanol–water partition coefficient (Wildman–Crippen LogP) is 0.717. The van der Waals surface area contributed by atoms with Crippen LogP contribution in [0.15, 0.2) is 24.8 Å². The highest BCUT2D eigenvalue weighted by molar-refractivity contribution is 5.81. The lowest BCUT2D eigenvalue weighted by molar-refractivity contribution is -0.132. The molecule has 0 spiro atoms. The molecule has 2 aromatic heterocycles. The molecule has 1 aliphatic heterocycles. The summed E-state index contributed by atoms with van der Waals surface area (Å²) >= 11 is 0. The maximum absolute atomic E-state index is 12.8. The second-order valence-electron chi connectivity index (χ2n) is 4.60. The van der Waals surface area contributed by atoms with E-state index in [0.717, 1.165) is 31.9 Å². The highest BCUT2D eigenvalue weighted by atomic mass is 19.1. The van der Waals surface area contributed by atoms with Crippen LogP contribution in [0.1, 0.15) is 6.42 Å². The van der Waals surface area contributed by atoms with E-state index in [1.165, 1.54) is 6.33 Å². The molecule has 3 rings (SSSR count). The van der Waals surface area contributed by atoms with Crippen LogP contribution < -0.4 is 5.32 Å². The number of halogens is 1.